The van der Waals surface area contributed by atoms with Gasteiger partial charge in [-0.2, -0.15) is 0 Å². The molecule has 3 nitrogen and oxygen atoms in total. The third-order valence-electron chi connectivity index (χ3n) is 4.37. The molecule has 1 aliphatic heterocycles. The first-order chi connectivity index (χ1) is 9.14. The fourth-order valence-corrected chi connectivity index (χ4v) is 3.77. The van der Waals surface area contributed by atoms with Crippen LogP contribution in [0.25, 0.3) is 0 Å². The highest BCUT2D eigenvalue weighted by Gasteiger charge is 2.48. The summed E-state index contributed by atoms with van der Waals surface area (Å²) in [6.45, 7) is 0. The largest absolute Gasteiger partial charge is 0.484 e. The van der Waals surface area contributed by atoms with E-state index < -0.39 is 6.10 Å². The second-order valence-electron chi connectivity index (χ2n) is 5.54. The van der Waals surface area contributed by atoms with E-state index in [9.17, 15) is 5.11 Å². The number of methoxy groups -OCH3 is 1. The Labute approximate surface area is 122 Å². The van der Waals surface area contributed by atoms with Crippen LogP contribution in [0.15, 0.2) is 22.7 Å². The van der Waals surface area contributed by atoms with Crippen molar-refractivity contribution in [2.45, 2.75) is 49.9 Å². The van der Waals surface area contributed by atoms with E-state index in [0.29, 0.717) is 6.42 Å². The van der Waals surface area contributed by atoms with E-state index in [1.807, 2.05) is 18.2 Å². The summed E-state index contributed by atoms with van der Waals surface area (Å²) in [4.78, 5) is 0. The number of hydrogen-bond donors (Lipinski definition) is 1. The van der Waals surface area contributed by atoms with Gasteiger partial charge in [-0.15, -0.1) is 0 Å². The average molecular weight is 327 g/mol. The van der Waals surface area contributed by atoms with E-state index >= 15 is 0 Å². The Balaban J connectivity index is 1.98. The second kappa shape index (κ2) is 5.08. The smallest absolute Gasteiger partial charge is 0.138 e. The van der Waals surface area contributed by atoms with Crippen molar-refractivity contribution in [3.63, 3.8) is 0 Å². The van der Waals surface area contributed by atoms with Gasteiger partial charge in [0.05, 0.1) is 12.2 Å². The number of fused-ring (bicyclic) bond motifs is 1. The lowest BCUT2D eigenvalue weighted by molar-refractivity contribution is -0.130. The van der Waals surface area contributed by atoms with Crippen molar-refractivity contribution >= 4 is 15.9 Å². The molecule has 0 bridgehead atoms. The molecule has 4 heteroatoms. The summed E-state index contributed by atoms with van der Waals surface area (Å²) in [7, 11) is 1.74. The molecular weight excluding hydrogens is 308 g/mol. The lowest BCUT2D eigenvalue weighted by atomic mass is 9.75. The lowest BCUT2D eigenvalue weighted by Gasteiger charge is -2.47. The second-order valence-corrected chi connectivity index (χ2v) is 6.45. The summed E-state index contributed by atoms with van der Waals surface area (Å²) in [6, 6.07) is 5.82. The topological polar surface area (TPSA) is 38.7 Å². The van der Waals surface area contributed by atoms with E-state index in [2.05, 4.69) is 15.9 Å². The van der Waals surface area contributed by atoms with E-state index in [1.54, 1.807) is 7.11 Å². The molecule has 2 unspecified atom stereocenters. The molecule has 1 N–H and O–H groups in total. The summed E-state index contributed by atoms with van der Waals surface area (Å²) in [5, 5.41) is 10.4. The number of halogens is 1. The van der Waals surface area contributed by atoms with Gasteiger partial charge in [0.1, 0.15) is 11.4 Å². The molecule has 1 aromatic rings. The van der Waals surface area contributed by atoms with Crippen LogP contribution in [0.5, 0.6) is 5.75 Å². The quantitative estimate of drug-likeness (QED) is 0.857. The van der Waals surface area contributed by atoms with Crippen molar-refractivity contribution in [1.29, 1.82) is 0 Å². The zero-order valence-corrected chi connectivity index (χ0v) is 12.6. The van der Waals surface area contributed by atoms with Gasteiger partial charge in [-0.1, -0.05) is 28.4 Å². The Bertz CT molecular complexity index is 476. The predicted molar refractivity (Wildman–Crippen MR) is 76.3 cm³/mol. The van der Waals surface area contributed by atoms with E-state index in [-0.39, 0.29) is 11.7 Å². The maximum atomic E-state index is 10.4. The first kappa shape index (κ1) is 13.4. The van der Waals surface area contributed by atoms with Crippen molar-refractivity contribution in [1.82, 2.24) is 0 Å². The van der Waals surface area contributed by atoms with Crippen LogP contribution in [0.4, 0.5) is 0 Å². The molecule has 104 valence electrons. The van der Waals surface area contributed by atoms with Crippen LogP contribution in [0.2, 0.25) is 0 Å². The summed E-state index contributed by atoms with van der Waals surface area (Å²) in [5.74, 6) is 0.789. The molecular formula is C15H19BrO3. The number of aliphatic hydroxyl groups is 1. The van der Waals surface area contributed by atoms with Crippen LogP contribution in [-0.2, 0) is 4.74 Å². The minimum Gasteiger partial charge on any atom is -0.484 e. The van der Waals surface area contributed by atoms with Gasteiger partial charge in [0.15, 0.2) is 0 Å². The SMILES string of the molecule is COC1CCCCC12C[C@@H](O)c1ccc(Br)cc1O2. The van der Waals surface area contributed by atoms with Crippen LogP contribution >= 0.6 is 15.9 Å². The standard InChI is InChI=1S/C15H19BrO3/c1-18-14-4-2-3-7-15(14)9-12(17)11-6-5-10(16)8-13(11)19-15/h5-6,8,12,14,17H,2-4,7,9H2,1H3/t12-,14?,15?/m1/s1. The Morgan fingerprint density at radius 2 is 2.26 bits per heavy atom. The molecule has 1 aromatic carbocycles. The van der Waals surface area contributed by atoms with Gasteiger partial charge in [-0.3, -0.25) is 0 Å². The predicted octanol–water partition coefficient (Wildman–Crippen LogP) is 3.59. The maximum absolute atomic E-state index is 10.4. The van der Waals surface area contributed by atoms with Crippen molar-refractivity contribution in [2.24, 2.45) is 0 Å². The van der Waals surface area contributed by atoms with Crippen LogP contribution in [-0.4, -0.2) is 23.9 Å². The average Bonchev–Trinajstić information content (AvgIpc) is 2.38. The molecule has 1 heterocycles. The van der Waals surface area contributed by atoms with Crippen molar-refractivity contribution in [3.8, 4) is 5.75 Å². The number of ether oxygens (including phenoxy) is 2. The van der Waals surface area contributed by atoms with Crippen LogP contribution in [0.3, 0.4) is 0 Å². The number of hydrogen-bond acceptors (Lipinski definition) is 3. The van der Waals surface area contributed by atoms with E-state index in [4.69, 9.17) is 9.47 Å². The van der Waals surface area contributed by atoms with Crippen LogP contribution in [0, 0.1) is 0 Å². The fraction of sp³-hybridized carbons (Fsp3) is 0.600. The molecule has 0 radical (unpaired) electrons. The molecule has 0 saturated heterocycles. The molecule has 0 aromatic heterocycles. The molecule has 1 aliphatic carbocycles. The minimum absolute atomic E-state index is 0.0723. The summed E-state index contributed by atoms with van der Waals surface area (Å²) in [5.41, 5.74) is 0.523. The van der Waals surface area contributed by atoms with E-state index in [0.717, 1.165) is 35.0 Å². The minimum atomic E-state index is -0.465. The van der Waals surface area contributed by atoms with Crippen LogP contribution in [0.1, 0.15) is 43.8 Å². The first-order valence-corrected chi connectivity index (χ1v) is 7.63. The zero-order valence-electron chi connectivity index (χ0n) is 11.1. The Hall–Kier alpha value is -0.580. The van der Waals surface area contributed by atoms with E-state index in [1.165, 1.54) is 6.42 Å². The van der Waals surface area contributed by atoms with Gasteiger partial charge in [-0.05, 0) is 31.4 Å². The highest BCUT2D eigenvalue weighted by Crippen LogP contribution is 2.47. The van der Waals surface area contributed by atoms with Gasteiger partial charge in [0.25, 0.3) is 0 Å². The maximum Gasteiger partial charge on any atom is 0.138 e. The third-order valence-corrected chi connectivity index (χ3v) is 4.87. The molecule has 1 saturated carbocycles. The highest BCUT2D eigenvalue weighted by atomic mass is 79.9. The molecule has 1 fully saturated rings. The molecule has 19 heavy (non-hydrogen) atoms. The normalized spacial score (nSPS) is 33.8. The molecule has 3 rings (SSSR count). The van der Waals surface area contributed by atoms with Gasteiger partial charge in [0, 0.05) is 23.6 Å². The van der Waals surface area contributed by atoms with Crippen molar-refractivity contribution in [2.75, 3.05) is 7.11 Å². The summed E-state index contributed by atoms with van der Waals surface area (Å²) >= 11 is 3.46. The Morgan fingerprint density at radius 3 is 3.05 bits per heavy atom. The molecule has 1 spiro atoms. The van der Waals surface area contributed by atoms with Gasteiger partial charge >= 0.3 is 0 Å². The molecule has 0 amide bonds. The van der Waals surface area contributed by atoms with Crippen molar-refractivity contribution < 1.29 is 14.6 Å². The Morgan fingerprint density at radius 1 is 1.42 bits per heavy atom. The zero-order chi connectivity index (χ0) is 13.5. The monoisotopic (exact) mass is 326 g/mol. The van der Waals surface area contributed by atoms with Gasteiger partial charge in [0.2, 0.25) is 0 Å². The van der Waals surface area contributed by atoms with Gasteiger partial charge in [-0.25, -0.2) is 0 Å². The lowest BCUT2D eigenvalue weighted by Crippen LogP contribution is -2.53. The van der Waals surface area contributed by atoms with Crippen molar-refractivity contribution in [3.05, 3.63) is 28.2 Å². The Kier molecular flexibility index (Phi) is 3.58. The van der Waals surface area contributed by atoms with Crippen LogP contribution < -0.4 is 4.74 Å². The highest BCUT2D eigenvalue weighted by molar-refractivity contribution is 9.10. The summed E-state index contributed by atoms with van der Waals surface area (Å²) in [6.07, 6.45) is 4.50. The fourth-order valence-electron chi connectivity index (χ4n) is 3.43. The number of rotatable bonds is 1. The summed E-state index contributed by atoms with van der Waals surface area (Å²) < 4.78 is 12.9. The molecule has 3 atom stereocenters. The molecule has 2 aliphatic rings. The number of aliphatic hydroxyl groups excluding tert-OH is 1. The van der Waals surface area contributed by atoms with Gasteiger partial charge < -0.3 is 14.6 Å². The third kappa shape index (κ3) is 2.30. The number of benzene rings is 1. The first-order valence-electron chi connectivity index (χ1n) is 6.84.